The third-order valence-corrected chi connectivity index (χ3v) is 12.5. The van der Waals surface area contributed by atoms with E-state index in [0.29, 0.717) is 11.5 Å². The summed E-state index contributed by atoms with van der Waals surface area (Å²) in [5, 5.41) is 7.36. The highest BCUT2D eigenvalue weighted by molar-refractivity contribution is 6.25. The lowest BCUT2D eigenvalue weighted by Crippen LogP contribution is -2.14. The predicted octanol–water partition coefficient (Wildman–Crippen LogP) is 17.2. The molecule has 0 saturated heterocycles. The number of aromatic nitrogens is 1. The zero-order valence-electron chi connectivity index (χ0n) is 38.3. The lowest BCUT2D eigenvalue weighted by molar-refractivity contribution is 0.661. The zero-order chi connectivity index (χ0) is 45.1. The van der Waals surface area contributed by atoms with Crippen LogP contribution >= 0.6 is 0 Å². The van der Waals surface area contributed by atoms with E-state index in [1.165, 1.54) is 72.1 Å². The molecule has 0 radical (unpaired) electrons. The molecule has 9 aromatic carbocycles. The number of nitrogens with zero attached hydrogens (tertiary/aromatic N) is 3. The van der Waals surface area contributed by atoms with Gasteiger partial charge in [-0.15, -0.1) is 0 Å². The molecule has 0 unspecified atom stereocenters. The number of aliphatic imine (C=N–C) groups is 2. The van der Waals surface area contributed by atoms with Crippen LogP contribution in [0.4, 0.5) is 0 Å². The lowest BCUT2D eigenvalue weighted by atomic mass is 9.82. The van der Waals surface area contributed by atoms with Gasteiger partial charge in [0.2, 0.25) is 0 Å². The number of hydrogen-bond acceptors (Lipinski definition) is 1. The van der Waals surface area contributed by atoms with E-state index in [-0.39, 0.29) is 5.41 Å². The molecule has 0 fully saturated rings. The van der Waals surface area contributed by atoms with E-state index in [4.69, 9.17) is 9.98 Å². The molecular formula is C62H55N3. The molecule has 0 aliphatic heterocycles. The first-order chi connectivity index (χ1) is 31.9. The van der Waals surface area contributed by atoms with Crippen molar-refractivity contribution in [3.8, 4) is 33.4 Å². The monoisotopic (exact) mass is 841 g/mol. The molecule has 0 N–H and O–H groups in total. The van der Waals surface area contributed by atoms with Crippen molar-refractivity contribution in [2.45, 2.75) is 53.4 Å². The number of para-hydroxylation sites is 1. The van der Waals surface area contributed by atoms with Crippen molar-refractivity contribution >= 4 is 61.2 Å². The zero-order valence-corrected chi connectivity index (χ0v) is 38.3. The number of hydrogen-bond donors (Lipinski definition) is 0. The maximum absolute atomic E-state index is 5.25. The van der Waals surface area contributed by atoms with Crippen molar-refractivity contribution in [1.82, 2.24) is 4.57 Å². The third-order valence-electron chi connectivity index (χ3n) is 12.5. The first kappa shape index (κ1) is 42.7. The maximum Gasteiger partial charge on any atom is 0.161 e. The summed E-state index contributed by atoms with van der Waals surface area (Å²) < 4.78 is 2.27. The second kappa shape index (κ2) is 18.2. The Hall–Kier alpha value is -7.62. The summed E-state index contributed by atoms with van der Waals surface area (Å²) in [6.07, 6.45) is 3.21. The fourth-order valence-electron chi connectivity index (χ4n) is 9.46. The topological polar surface area (TPSA) is 29.6 Å². The minimum absolute atomic E-state index is 0.110. The van der Waals surface area contributed by atoms with Crippen molar-refractivity contribution in [3.05, 3.63) is 223 Å². The summed E-state index contributed by atoms with van der Waals surface area (Å²) >= 11 is 0. The second-order valence-corrected chi connectivity index (χ2v) is 17.0. The van der Waals surface area contributed by atoms with Crippen LogP contribution in [0.2, 0.25) is 0 Å². The minimum atomic E-state index is -0.110. The van der Waals surface area contributed by atoms with Crippen molar-refractivity contribution in [1.29, 1.82) is 0 Å². The van der Waals surface area contributed by atoms with Crippen LogP contribution in [0.25, 0.3) is 82.4 Å². The fraction of sp³-hybridized carbons (Fsp3) is 0.129. The van der Waals surface area contributed by atoms with Crippen molar-refractivity contribution in [3.63, 3.8) is 0 Å². The van der Waals surface area contributed by atoms with E-state index in [2.05, 4.69) is 209 Å². The van der Waals surface area contributed by atoms with Gasteiger partial charge in [-0.05, 0) is 78.2 Å². The van der Waals surface area contributed by atoms with Crippen LogP contribution in [0.5, 0.6) is 0 Å². The molecule has 0 amide bonds. The van der Waals surface area contributed by atoms with Crippen LogP contribution in [0.3, 0.4) is 0 Å². The maximum atomic E-state index is 5.25. The van der Waals surface area contributed by atoms with E-state index in [1.807, 2.05) is 44.5 Å². The fourth-order valence-corrected chi connectivity index (χ4v) is 9.46. The molecule has 1 aliphatic rings. The minimum Gasteiger partial charge on any atom is -0.299 e. The Bertz CT molecular complexity index is 3400. The van der Waals surface area contributed by atoms with E-state index in [0.717, 1.165) is 33.3 Å². The van der Waals surface area contributed by atoms with Gasteiger partial charge in [0, 0.05) is 27.3 Å². The summed E-state index contributed by atoms with van der Waals surface area (Å²) in [6.45, 7) is 17.4. The van der Waals surface area contributed by atoms with E-state index in [9.17, 15) is 0 Å². The van der Waals surface area contributed by atoms with Crippen LogP contribution in [-0.4, -0.2) is 16.7 Å². The Morgan fingerprint density at radius 2 is 1.11 bits per heavy atom. The van der Waals surface area contributed by atoms with Gasteiger partial charge in [-0.2, -0.15) is 0 Å². The van der Waals surface area contributed by atoms with Crippen LogP contribution in [0.15, 0.2) is 211 Å². The summed E-state index contributed by atoms with van der Waals surface area (Å²) in [4.78, 5) is 10.4. The van der Waals surface area contributed by atoms with Gasteiger partial charge in [0.05, 0.1) is 16.7 Å². The molecule has 318 valence electrons. The van der Waals surface area contributed by atoms with Crippen molar-refractivity contribution < 1.29 is 0 Å². The molecular weight excluding hydrogens is 787 g/mol. The third kappa shape index (κ3) is 7.78. The normalized spacial score (nSPS) is 12.7. The van der Waals surface area contributed by atoms with Gasteiger partial charge in [-0.1, -0.05) is 237 Å². The first-order valence-corrected chi connectivity index (χ1v) is 23.0. The summed E-state index contributed by atoms with van der Waals surface area (Å²) in [7, 11) is 0. The Morgan fingerprint density at radius 3 is 1.83 bits per heavy atom. The van der Waals surface area contributed by atoms with Gasteiger partial charge in [0.15, 0.2) is 5.84 Å². The molecule has 0 atom stereocenters. The first-order valence-electron chi connectivity index (χ1n) is 23.0. The molecule has 10 aromatic rings. The Balaban J connectivity index is 0.00000103. The van der Waals surface area contributed by atoms with Gasteiger partial charge in [0.25, 0.3) is 0 Å². The Kier molecular flexibility index (Phi) is 12.0. The molecule has 0 saturated carbocycles. The molecule has 11 rings (SSSR count). The highest BCUT2D eigenvalue weighted by Gasteiger charge is 2.36. The largest absolute Gasteiger partial charge is 0.299 e. The average Bonchev–Trinajstić information content (AvgIpc) is 3.81. The molecule has 65 heavy (non-hydrogen) atoms. The summed E-state index contributed by atoms with van der Waals surface area (Å²) in [5.41, 5.74) is 14.6. The van der Waals surface area contributed by atoms with Crippen LogP contribution in [0, 0.1) is 0 Å². The van der Waals surface area contributed by atoms with Crippen LogP contribution in [-0.2, 0) is 5.41 Å². The number of rotatable bonds is 6. The highest BCUT2D eigenvalue weighted by atomic mass is 15.1. The van der Waals surface area contributed by atoms with E-state index < -0.39 is 0 Å². The molecule has 0 bridgehead atoms. The number of amidine groups is 1. The van der Waals surface area contributed by atoms with Crippen molar-refractivity contribution in [2.24, 2.45) is 9.98 Å². The van der Waals surface area contributed by atoms with Gasteiger partial charge in [-0.25, -0.2) is 9.98 Å². The quantitative estimate of drug-likeness (QED) is 0.118. The lowest BCUT2D eigenvalue weighted by Gasteiger charge is -2.21. The average molecular weight is 842 g/mol. The highest BCUT2D eigenvalue weighted by Crippen LogP contribution is 2.52. The van der Waals surface area contributed by atoms with Gasteiger partial charge in [-0.3, -0.25) is 4.57 Å². The molecule has 3 nitrogen and oxygen atoms in total. The van der Waals surface area contributed by atoms with Gasteiger partial charge in [0.1, 0.15) is 6.34 Å². The van der Waals surface area contributed by atoms with Crippen LogP contribution in [0.1, 0.15) is 70.2 Å². The Morgan fingerprint density at radius 1 is 0.538 bits per heavy atom. The number of fused-ring (bicyclic) bond motifs is 10. The Labute approximate surface area is 383 Å². The van der Waals surface area contributed by atoms with E-state index >= 15 is 0 Å². The SMILES string of the molecule is C=C(N=C(N=Cn1c2ccc3ccccc3c2c2cccc(-c3ccc4c(c3)-c3c(ccc5ccccc35)C4(C)C)c21)c1ccccc1)c1ccc(-c2ccccc2)cc1.CC.CCC. The van der Waals surface area contributed by atoms with Gasteiger partial charge < -0.3 is 0 Å². The second-order valence-electron chi connectivity index (χ2n) is 17.0. The molecule has 1 aliphatic carbocycles. The predicted molar refractivity (Wildman–Crippen MR) is 283 cm³/mol. The molecule has 0 spiro atoms. The molecule has 1 aromatic heterocycles. The van der Waals surface area contributed by atoms with Crippen molar-refractivity contribution in [2.75, 3.05) is 0 Å². The standard InChI is InChI=1S/C57H41N3.C3H8.C2H6/c1-37(38-25-27-40(28-26-38)39-15-6-4-7-16-39)59-56(43-19-8-5-9-20-43)58-36-60-52-34-31-42-18-11-13-22-46(42)54(52)48-24-14-23-47(55(48)60)44-30-32-50-49(35-44)53-45-21-12-10-17-41(45)29-33-51(53)57(50,2)3;1-3-2;1-2/h4-36H,1H2,2-3H3;3H2,1-2H3;1-2H3. The number of benzene rings is 9. The van der Waals surface area contributed by atoms with E-state index in [1.54, 1.807) is 0 Å². The summed E-state index contributed by atoms with van der Waals surface area (Å²) in [5.74, 6) is 0.587. The van der Waals surface area contributed by atoms with Crippen LogP contribution < -0.4 is 0 Å². The van der Waals surface area contributed by atoms with Gasteiger partial charge >= 0.3 is 0 Å². The molecule has 3 heteroatoms. The smallest absolute Gasteiger partial charge is 0.161 e. The summed E-state index contributed by atoms with van der Waals surface area (Å²) in [6, 6.07) is 69.3. The molecule has 1 heterocycles.